The minimum absolute atomic E-state index is 0.856. The van der Waals surface area contributed by atoms with Crippen LogP contribution in [0.4, 0.5) is 0 Å². The highest BCUT2D eigenvalue weighted by molar-refractivity contribution is 6.02. The lowest BCUT2D eigenvalue weighted by Crippen LogP contribution is -2.19. The molecule has 1 aliphatic rings. The van der Waals surface area contributed by atoms with Gasteiger partial charge in [0.1, 0.15) is 11.6 Å². The smallest absolute Gasteiger partial charge is 0.128 e. The van der Waals surface area contributed by atoms with Crippen LogP contribution >= 0.6 is 0 Å². The summed E-state index contributed by atoms with van der Waals surface area (Å²) in [5.74, 6) is 1.86. The Kier molecular flexibility index (Phi) is 3.07. The third kappa shape index (κ3) is 2.22. The molecule has 110 valence electrons. The van der Waals surface area contributed by atoms with Gasteiger partial charge in [0.25, 0.3) is 0 Å². The molecule has 4 nitrogen and oxygen atoms in total. The van der Waals surface area contributed by atoms with Crippen molar-refractivity contribution < 1.29 is 4.74 Å². The van der Waals surface area contributed by atoms with E-state index < -0.39 is 0 Å². The Morgan fingerprint density at radius 1 is 1.00 bits per heavy atom. The molecule has 0 saturated heterocycles. The van der Waals surface area contributed by atoms with Gasteiger partial charge < -0.3 is 15.0 Å². The second-order valence-electron chi connectivity index (χ2n) is 5.37. The van der Waals surface area contributed by atoms with Crippen LogP contribution in [0.5, 0.6) is 5.75 Å². The van der Waals surface area contributed by atoms with E-state index in [9.17, 15) is 0 Å². The number of nitrogens with zero attached hydrogens (tertiary/aromatic N) is 1. The molecule has 0 bridgehead atoms. The van der Waals surface area contributed by atoms with Crippen molar-refractivity contribution in [2.75, 3.05) is 20.2 Å². The quantitative estimate of drug-likeness (QED) is 0.778. The fraction of sp³-hybridized carbons (Fsp3) is 0.167. The van der Waals surface area contributed by atoms with Gasteiger partial charge in [-0.15, -0.1) is 0 Å². The van der Waals surface area contributed by atoms with E-state index in [-0.39, 0.29) is 0 Å². The van der Waals surface area contributed by atoms with Crippen LogP contribution in [-0.4, -0.2) is 31.0 Å². The number of aromatic nitrogens is 1. The van der Waals surface area contributed by atoms with Crippen molar-refractivity contribution in [2.45, 2.75) is 0 Å². The lowest BCUT2D eigenvalue weighted by molar-refractivity contribution is 0.415. The van der Waals surface area contributed by atoms with E-state index in [1.54, 1.807) is 7.11 Å². The van der Waals surface area contributed by atoms with Crippen molar-refractivity contribution in [1.82, 2.24) is 10.3 Å². The largest absolute Gasteiger partial charge is 0.497 e. The third-order valence-electron chi connectivity index (χ3n) is 3.97. The Labute approximate surface area is 128 Å². The molecule has 2 aromatic carbocycles. The van der Waals surface area contributed by atoms with Crippen LogP contribution in [0.15, 0.2) is 53.5 Å². The number of nitrogens with one attached hydrogen (secondary N) is 2. The fourth-order valence-electron chi connectivity index (χ4n) is 2.79. The van der Waals surface area contributed by atoms with Crippen LogP contribution in [0.2, 0.25) is 0 Å². The molecular formula is C18H17N3O. The number of aliphatic imine (C=N–C) groups is 1. The van der Waals surface area contributed by atoms with Crippen LogP contribution in [0.3, 0.4) is 0 Å². The van der Waals surface area contributed by atoms with Crippen molar-refractivity contribution in [1.29, 1.82) is 0 Å². The first-order valence-corrected chi connectivity index (χ1v) is 7.39. The number of rotatable bonds is 3. The second kappa shape index (κ2) is 5.22. The first-order valence-electron chi connectivity index (χ1n) is 7.39. The average Bonchev–Trinajstić information content (AvgIpc) is 3.23. The molecule has 4 heteroatoms. The Balaban J connectivity index is 1.73. The van der Waals surface area contributed by atoms with Crippen molar-refractivity contribution in [2.24, 2.45) is 4.99 Å². The Hall–Kier alpha value is -2.75. The molecule has 0 fully saturated rings. The number of methoxy groups -OCH3 is 1. The van der Waals surface area contributed by atoms with E-state index in [1.165, 1.54) is 5.39 Å². The molecule has 1 aliphatic heterocycles. The molecule has 3 aromatic rings. The van der Waals surface area contributed by atoms with Crippen LogP contribution in [0, 0.1) is 0 Å². The van der Waals surface area contributed by atoms with E-state index in [2.05, 4.69) is 51.7 Å². The number of hydrogen-bond donors (Lipinski definition) is 2. The van der Waals surface area contributed by atoms with E-state index in [1.807, 2.05) is 12.1 Å². The average molecular weight is 291 g/mol. The van der Waals surface area contributed by atoms with Gasteiger partial charge in [-0.05, 0) is 42.0 Å². The molecule has 0 unspecified atom stereocenters. The zero-order valence-corrected chi connectivity index (χ0v) is 12.4. The minimum atomic E-state index is 0.856. The van der Waals surface area contributed by atoms with E-state index in [0.29, 0.717) is 0 Å². The lowest BCUT2D eigenvalue weighted by Gasteiger charge is -2.02. The normalized spacial score (nSPS) is 14.0. The zero-order valence-electron chi connectivity index (χ0n) is 12.4. The van der Waals surface area contributed by atoms with Crippen molar-refractivity contribution >= 4 is 16.7 Å². The summed E-state index contributed by atoms with van der Waals surface area (Å²) < 4.78 is 5.21. The van der Waals surface area contributed by atoms with Gasteiger partial charge >= 0.3 is 0 Å². The van der Waals surface area contributed by atoms with Gasteiger partial charge in [0.05, 0.1) is 13.7 Å². The van der Waals surface area contributed by atoms with Crippen LogP contribution in [-0.2, 0) is 0 Å². The lowest BCUT2D eigenvalue weighted by atomic mass is 10.1. The summed E-state index contributed by atoms with van der Waals surface area (Å²) in [4.78, 5) is 7.96. The van der Waals surface area contributed by atoms with Gasteiger partial charge in [0.15, 0.2) is 0 Å². The topological polar surface area (TPSA) is 49.4 Å². The van der Waals surface area contributed by atoms with Crippen LogP contribution < -0.4 is 10.1 Å². The first-order chi connectivity index (χ1) is 10.8. The predicted molar refractivity (Wildman–Crippen MR) is 89.7 cm³/mol. The minimum Gasteiger partial charge on any atom is -0.497 e. The molecule has 1 aromatic heterocycles. The first kappa shape index (κ1) is 13.0. The summed E-state index contributed by atoms with van der Waals surface area (Å²) in [5, 5.41) is 4.51. The molecule has 2 N–H and O–H groups in total. The Bertz CT molecular complexity index is 846. The highest BCUT2D eigenvalue weighted by Gasteiger charge is 2.10. The maximum atomic E-state index is 5.21. The highest BCUT2D eigenvalue weighted by Crippen LogP contribution is 2.26. The molecular weight excluding hydrogens is 274 g/mol. The number of amidine groups is 1. The van der Waals surface area contributed by atoms with Gasteiger partial charge in [0.2, 0.25) is 0 Å². The number of benzene rings is 2. The molecule has 0 spiro atoms. The standard InChI is InChI=1S/C18H17N3O/c1-22-15-6-4-12(5-7-15)16-10-13-2-3-14(11-17(13)21-16)18-19-8-9-20-18/h2-7,10-11,21H,8-9H2,1H3,(H,19,20). The SMILES string of the molecule is COc1ccc(-c2cc3ccc(C4=NCCN4)cc3[nH]2)cc1. The summed E-state index contributed by atoms with van der Waals surface area (Å²) >= 11 is 0. The summed E-state index contributed by atoms with van der Waals surface area (Å²) in [7, 11) is 1.68. The summed E-state index contributed by atoms with van der Waals surface area (Å²) in [6.07, 6.45) is 0. The zero-order chi connectivity index (χ0) is 14.9. The van der Waals surface area contributed by atoms with E-state index in [4.69, 9.17) is 4.74 Å². The molecule has 4 rings (SSSR count). The molecule has 0 amide bonds. The number of hydrogen-bond acceptors (Lipinski definition) is 3. The van der Waals surface area contributed by atoms with Crippen molar-refractivity contribution in [3.05, 3.63) is 54.1 Å². The fourth-order valence-corrected chi connectivity index (χ4v) is 2.79. The van der Waals surface area contributed by atoms with E-state index in [0.717, 1.165) is 47.0 Å². The molecule has 22 heavy (non-hydrogen) atoms. The van der Waals surface area contributed by atoms with E-state index >= 15 is 0 Å². The van der Waals surface area contributed by atoms with Gasteiger partial charge in [-0.25, -0.2) is 0 Å². The third-order valence-corrected chi connectivity index (χ3v) is 3.97. The summed E-state index contributed by atoms with van der Waals surface area (Å²) in [6, 6.07) is 16.7. The maximum Gasteiger partial charge on any atom is 0.128 e. The van der Waals surface area contributed by atoms with Crippen LogP contribution in [0.25, 0.3) is 22.2 Å². The molecule has 0 saturated carbocycles. The van der Waals surface area contributed by atoms with Gasteiger partial charge in [-0.1, -0.05) is 12.1 Å². The predicted octanol–water partition coefficient (Wildman–Crippen LogP) is 3.19. The molecule has 0 atom stereocenters. The highest BCUT2D eigenvalue weighted by atomic mass is 16.5. The van der Waals surface area contributed by atoms with Crippen molar-refractivity contribution in [3.8, 4) is 17.0 Å². The van der Waals surface area contributed by atoms with Gasteiger partial charge in [0, 0.05) is 28.7 Å². The Morgan fingerprint density at radius 2 is 1.82 bits per heavy atom. The monoisotopic (exact) mass is 291 g/mol. The van der Waals surface area contributed by atoms with Crippen molar-refractivity contribution in [3.63, 3.8) is 0 Å². The maximum absolute atomic E-state index is 5.21. The second-order valence-corrected chi connectivity index (χ2v) is 5.37. The summed E-state index contributed by atoms with van der Waals surface area (Å²) in [5.41, 5.74) is 4.51. The molecule has 2 heterocycles. The van der Waals surface area contributed by atoms with Gasteiger partial charge in [-0.3, -0.25) is 4.99 Å². The molecule has 0 aliphatic carbocycles. The van der Waals surface area contributed by atoms with Crippen LogP contribution in [0.1, 0.15) is 5.56 Å². The molecule has 0 radical (unpaired) electrons. The summed E-state index contributed by atoms with van der Waals surface area (Å²) in [6.45, 7) is 1.78. The Morgan fingerprint density at radius 3 is 2.55 bits per heavy atom. The van der Waals surface area contributed by atoms with Gasteiger partial charge in [-0.2, -0.15) is 0 Å². The number of H-pyrrole nitrogens is 1. The number of aromatic amines is 1. The number of ether oxygens (including phenoxy) is 1. The number of fused-ring (bicyclic) bond motifs is 1.